The van der Waals surface area contributed by atoms with Gasteiger partial charge in [-0.3, -0.25) is 19.4 Å². The molecule has 2 heterocycles. The Balaban J connectivity index is 0.985. The predicted molar refractivity (Wildman–Crippen MR) is 217 cm³/mol. The summed E-state index contributed by atoms with van der Waals surface area (Å²) in [6.07, 6.45) is 3.63. The first-order valence-electron chi connectivity index (χ1n) is 16.6. The lowest BCUT2D eigenvalue weighted by Crippen LogP contribution is -2.45. The van der Waals surface area contributed by atoms with Crippen molar-refractivity contribution in [3.05, 3.63) is 141 Å². The van der Waals surface area contributed by atoms with Crippen LogP contribution in [0.4, 0.5) is 0 Å². The van der Waals surface area contributed by atoms with E-state index in [9.17, 15) is 29.4 Å². The van der Waals surface area contributed by atoms with Gasteiger partial charge >= 0.3 is 11.9 Å². The number of rotatable bonds is 15. The van der Waals surface area contributed by atoms with Crippen LogP contribution in [0, 0.1) is 0 Å². The molecule has 10 nitrogen and oxygen atoms in total. The highest BCUT2D eigenvalue weighted by molar-refractivity contribution is 8.27. The normalized spacial score (nSPS) is 17.0. The number of thiocarbonyl (C=S) groups is 2. The third kappa shape index (κ3) is 9.44. The molecule has 0 saturated carbocycles. The van der Waals surface area contributed by atoms with E-state index >= 15 is 0 Å². The second kappa shape index (κ2) is 17.7. The molecule has 0 aliphatic carbocycles. The number of carboxylic acids is 2. The van der Waals surface area contributed by atoms with Gasteiger partial charge in [0.1, 0.15) is 45.4 Å². The molecule has 0 aromatic heterocycles. The quantitative estimate of drug-likeness (QED) is 0.0734. The van der Waals surface area contributed by atoms with E-state index < -0.39 is 35.8 Å². The summed E-state index contributed by atoms with van der Waals surface area (Å²) in [5, 5.41) is 19.8. The number of hydrogen-bond donors (Lipinski definition) is 2. The maximum absolute atomic E-state index is 13.2. The molecule has 2 saturated heterocycles. The SMILES string of the molecule is O=C(O)C(Cc1ccccc1)N1C(=O)C(=Cc2ccc(OCCOc3ccc(C=C4SC(=S)N(C(Cc5ccccc5)C(=O)O)C4=O)cc3)cc2)SC1=S. The molecule has 274 valence electrons. The highest BCUT2D eigenvalue weighted by atomic mass is 32.2. The lowest BCUT2D eigenvalue weighted by molar-refractivity contribution is -0.145. The van der Waals surface area contributed by atoms with Gasteiger partial charge in [0.25, 0.3) is 11.8 Å². The maximum atomic E-state index is 13.2. The van der Waals surface area contributed by atoms with Crippen molar-refractivity contribution in [3.63, 3.8) is 0 Å². The van der Waals surface area contributed by atoms with E-state index in [1.807, 2.05) is 60.7 Å². The van der Waals surface area contributed by atoms with Crippen molar-refractivity contribution in [2.24, 2.45) is 0 Å². The molecule has 2 aliphatic rings. The number of hydrogen-bond acceptors (Lipinski definition) is 10. The fraction of sp³-hybridized carbons (Fsp3) is 0.150. The summed E-state index contributed by atoms with van der Waals surface area (Å²) < 4.78 is 12.0. The van der Waals surface area contributed by atoms with Crippen molar-refractivity contribution in [2.45, 2.75) is 24.9 Å². The van der Waals surface area contributed by atoms with Crippen LogP contribution in [0.5, 0.6) is 11.5 Å². The number of carboxylic acid groups (broad SMARTS) is 2. The largest absolute Gasteiger partial charge is 0.490 e. The van der Waals surface area contributed by atoms with Gasteiger partial charge in [0, 0.05) is 12.8 Å². The Labute approximate surface area is 330 Å². The van der Waals surface area contributed by atoms with Gasteiger partial charge in [-0.05, 0) is 58.7 Å². The first kappa shape index (κ1) is 38.4. The van der Waals surface area contributed by atoms with Gasteiger partial charge in [0.2, 0.25) is 0 Å². The van der Waals surface area contributed by atoms with E-state index in [4.69, 9.17) is 33.9 Å². The van der Waals surface area contributed by atoms with Gasteiger partial charge < -0.3 is 19.7 Å². The molecule has 54 heavy (non-hydrogen) atoms. The van der Waals surface area contributed by atoms with Gasteiger partial charge in [-0.1, -0.05) is 133 Å². The minimum atomic E-state index is -1.13. The van der Waals surface area contributed by atoms with Crippen molar-refractivity contribution >= 4 is 92.5 Å². The van der Waals surface area contributed by atoms with E-state index in [2.05, 4.69) is 0 Å². The number of carbonyl (C=O) groups is 4. The maximum Gasteiger partial charge on any atom is 0.327 e. The standard InChI is InChI=1S/C40H32N2O8S4/c43-35-33(53-39(51)41(35)31(37(45)46)21-25-7-3-1-4-8-25)23-27-11-15-29(16-12-27)49-19-20-50-30-17-13-28(14-18-30)24-34-36(44)42(40(52)54-34)32(38(47)48)22-26-9-5-2-6-10-26/h1-18,23-24,31-32H,19-22H2,(H,45,46)(H,47,48). The fourth-order valence-corrected chi connectivity index (χ4v) is 8.41. The van der Waals surface area contributed by atoms with Crippen LogP contribution in [-0.2, 0) is 32.0 Å². The predicted octanol–water partition coefficient (Wildman–Crippen LogP) is 6.94. The Hall–Kier alpha value is -5.28. The van der Waals surface area contributed by atoms with Gasteiger partial charge in [-0.2, -0.15) is 0 Å². The second-order valence-corrected chi connectivity index (χ2v) is 15.4. The summed E-state index contributed by atoms with van der Waals surface area (Å²) in [7, 11) is 0. The van der Waals surface area contributed by atoms with Gasteiger partial charge in [-0.15, -0.1) is 0 Å². The van der Waals surface area contributed by atoms with E-state index in [0.29, 0.717) is 21.3 Å². The van der Waals surface area contributed by atoms with Gasteiger partial charge in [0.15, 0.2) is 0 Å². The average Bonchev–Trinajstić information content (AvgIpc) is 3.60. The Kier molecular flexibility index (Phi) is 12.6. The first-order valence-corrected chi connectivity index (χ1v) is 19.1. The monoisotopic (exact) mass is 796 g/mol. The van der Waals surface area contributed by atoms with Crippen LogP contribution >= 0.6 is 48.0 Å². The van der Waals surface area contributed by atoms with Crippen LogP contribution in [0.3, 0.4) is 0 Å². The van der Waals surface area contributed by atoms with Crippen LogP contribution in [-0.4, -0.2) is 77.7 Å². The highest BCUT2D eigenvalue weighted by Gasteiger charge is 2.41. The molecule has 0 bridgehead atoms. The number of nitrogens with zero attached hydrogens (tertiary/aromatic N) is 2. The van der Waals surface area contributed by atoms with E-state index in [-0.39, 0.29) is 34.7 Å². The molecule has 0 spiro atoms. The number of thioether (sulfide) groups is 2. The average molecular weight is 797 g/mol. The van der Waals surface area contributed by atoms with Gasteiger partial charge in [0.05, 0.1) is 9.81 Å². The Morgan fingerprint density at radius 2 is 0.944 bits per heavy atom. The van der Waals surface area contributed by atoms with Crippen molar-refractivity contribution in [1.29, 1.82) is 0 Å². The molecule has 2 N–H and O–H groups in total. The molecule has 2 amide bonds. The molecular weight excluding hydrogens is 765 g/mol. The molecule has 2 unspecified atom stereocenters. The summed E-state index contributed by atoms with van der Waals surface area (Å²) in [6.45, 7) is 0.516. The Bertz CT molecular complexity index is 1970. The third-order valence-corrected chi connectivity index (χ3v) is 11.0. The minimum Gasteiger partial charge on any atom is -0.490 e. The van der Waals surface area contributed by atoms with Crippen LogP contribution in [0.2, 0.25) is 0 Å². The Morgan fingerprint density at radius 1 is 0.593 bits per heavy atom. The number of amides is 2. The molecule has 2 aliphatic heterocycles. The van der Waals surface area contributed by atoms with E-state index in [1.165, 1.54) is 9.80 Å². The fourth-order valence-electron chi connectivity index (χ4n) is 5.69. The van der Waals surface area contributed by atoms with Crippen molar-refractivity contribution < 1.29 is 38.9 Å². The minimum absolute atomic E-state index is 0.138. The zero-order valence-corrected chi connectivity index (χ0v) is 31.7. The van der Waals surface area contributed by atoms with E-state index in [0.717, 1.165) is 45.8 Å². The van der Waals surface area contributed by atoms with Crippen LogP contribution in [0.15, 0.2) is 119 Å². The summed E-state index contributed by atoms with van der Waals surface area (Å²) in [4.78, 5) is 53.7. The molecule has 14 heteroatoms. The molecule has 6 rings (SSSR count). The summed E-state index contributed by atoms with van der Waals surface area (Å²) in [5.74, 6) is -1.95. The number of carbonyl (C=O) groups excluding carboxylic acids is 2. The van der Waals surface area contributed by atoms with E-state index in [1.54, 1.807) is 60.7 Å². The molecule has 4 aromatic carbocycles. The van der Waals surface area contributed by atoms with Crippen molar-refractivity contribution in [2.75, 3.05) is 13.2 Å². The lowest BCUT2D eigenvalue weighted by Gasteiger charge is -2.23. The molecule has 2 atom stereocenters. The van der Waals surface area contributed by atoms with Crippen molar-refractivity contribution in [3.8, 4) is 11.5 Å². The molecule has 4 aromatic rings. The topological polar surface area (TPSA) is 134 Å². The smallest absolute Gasteiger partial charge is 0.327 e. The number of ether oxygens (including phenoxy) is 2. The third-order valence-electron chi connectivity index (χ3n) is 8.36. The lowest BCUT2D eigenvalue weighted by atomic mass is 10.0. The summed E-state index contributed by atoms with van der Waals surface area (Å²) >= 11 is 13.0. The number of aliphatic carboxylic acids is 2. The van der Waals surface area contributed by atoms with Crippen molar-refractivity contribution in [1.82, 2.24) is 9.80 Å². The van der Waals surface area contributed by atoms with Gasteiger partial charge in [-0.25, -0.2) is 9.59 Å². The van der Waals surface area contributed by atoms with Crippen LogP contribution < -0.4 is 9.47 Å². The summed E-state index contributed by atoms with van der Waals surface area (Å²) in [6, 6.07) is 30.2. The second-order valence-electron chi connectivity index (χ2n) is 12.0. The molecular formula is C40H32N2O8S4. The first-order chi connectivity index (χ1) is 26.1. The molecule has 2 fully saturated rings. The van der Waals surface area contributed by atoms with Crippen LogP contribution in [0.25, 0.3) is 12.2 Å². The Morgan fingerprint density at radius 3 is 1.28 bits per heavy atom. The number of benzene rings is 4. The van der Waals surface area contributed by atoms with Crippen LogP contribution in [0.1, 0.15) is 22.3 Å². The molecule has 0 radical (unpaired) electrons. The summed E-state index contributed by atoms with van der Waals surface area (Å²) in [5.41, 5.74) is 3.04. The zero-order valence-electron chi connectivity index (χ0n) is 28.4. The zero-order chi connectivity index (χ0) is 38.2. The highest BCUT2D eigenvalue weighted by Crippen LogP contribution is 2.36.